The van der Waals surface area contributed by atoms with E-state index in [4.69, 9.17) is 5.53 Å². The van der Waals surface area contributed by atoms with Crippen molar-refractivity contribution in [1.29, 1.82) is 0 Å². The van der Waals surface area contributed by atoms with Crippen LogP contribution in [0.2, 0.25) is 0 Å². The van der Waals surface area contributed by atoms with Crippen molar-refractivity contribution in [3.63, 3.8) is 0 Å². The van der Waals surface area contributed by atoms with Gasteiger partial charge < -0.3 is 5.53 Å². The van der Waals surface area contributed by atoms with E-state index < -0.39 is 0 Å². The fraction of sp³-hybridized carbons (Fsp3) is 0.538. The van der Waals surface area contributed by atoms with Crippen LogP contribution in [0, 0.1) is 11.3 Å². The van der Waals surface area contributed by atoms with E-state index in [1.165, 1.54) is 0 Å². The van der Waals surface area contributed by atoms with Gasteiger partial charge in [-0.15, -0.1) is 0 Å². The van der Waals surface area contributed by atoms with Crippen molar-refractivity contribution in [2.75, 3.05) is 0 Å². The van der Waals surface area contributed by atoms with E-state index >= 15 is 0 Å². The predicted octanol–water partition coefficient (Wildman–Crippen LogP) is 2.79. The maximum Gasteiger partial charge on any atom is 0.323 e. The molecule has 0 bridgehead atoms. The number of carbonyl (C=O) groups excluding carboxylic acids is 1. The van der Waals surface area contributed by atoms with Gasteiger partial charge >= 0.3 is 6.21 Å². The second-order valence-electron chi connectivity index (χ2n) is 4.91. The minimum atomic E-state index is -0.179. The molecule has 0 aromatic carbocycles. The molecule has 16 heavy (non-hydrogen) atoms. The fourth-order valence-corrected chi connectivity index (χ4v) is 2.46. The van der Waals surface area contributed by atoms with Gasteiger partial charge in [-0.3, -0.25) is 4.79 Å². The lowest BCUT2D eigenvalue weighted by Gasteiger charge is -2.25. The van der Waals surface area contributed by atoms with Gasteiger partial charge in [0.2, 0.25) is 5.78 Å². The Kier molecular flexibility index (Phi) is 3.61. The Morgan fingerprint density at radius 3 is 2.81 bits per heavy atom. The zero-order valence-electron chi connectivity index (χ0n) is 9.99. The van der Waals surface area contributed by atoms with Crippen molar-refractivity contribution in [2.24, 2.45) is 11.3 Å². The Bertz CT molecular complexity index is 391. The number of rotatable bonds is 4. The standard InChI is InChI=1S/C13H18N2O/c1-9(2)12-5-6-13(4,10(12)3)7-11(16)8-15-14/h8,12H,1,3,5-7H2,2,4H3/t12-,13-/m0/s1. The Labute approximate surface area is 96.5 Å². The van der Waals surface area contributed by atoms with Crippen LogP contribution in [0.1, 0.15) is 33.1 Å². The van der Waals surface area contributed by atoms with Crippen LogP contribution in [0.5, 0.6) is 0 Å². The largest absolute Gasteiger partial charge is 0.361 e. The molecule has 0 radical (unpaired) electrons. The maximum atomic E-state index is 11.5. The van der Waals surface area contributed by atoms with Gasteiger partial charge in [-0.05, 0) is 25.2 Å². The van der Waals surface area contributed by atoms with E-state index in [1.54, 1.807) is 0 Å². The average molecular weight is 218 g/mol. The lowest BCUT2D eigenvalue weighted by atomic mass is 9.78. The third-order valence-corrected chi connectivity index (χ3v) is 3.54. The molecule has 3 heteroatoms. The minimum Gasteiger partial charge on any atom is -0.361 e. The molecule has 0 aliphatic heterocycles. The maximum absolute atomic E-state index is 11.5. The molecule has 1 aliphatic carbocycles. The number of ketones is 1. The molecular formula is C13H18N2O. The molecule has 1 saturated carbocycles. The normalized spacial score (nSPS) is 28.6. The molecule has 3 nitrogen and oxygen atoms in total. The number of carbonyl (C=O) groups is 1. The third-order valence-electron chi connectivity index (χ3n) is 3.54. The summed E-state index contributed by atoms with van der Waals surface area (Å²) >= 11 is 0. The number of hydrogen-bond donors (Lipinski definition) is 0. The van der Waals surface area contributed by atoms with Crippen molar-refractivity contribution < 1.29 is 9.58 Å². The SMILES string of the molecule is C=C(C)[C@@H]1CC[C@@](C)(CC(=O)C=[N+]=[N-])C1=C. The molecule has 1 aliphatic rings. The van der Waals surface area contributed by atoms with Crippen LogP contribution < -0.4 is 0 Å². The number of allylic oxidation sites excluding steroid dienone is 2. The molecule has 0 heterocycles. The van der Waals surface area contributed by atoms with Crippen LogP contribution in [-0.2, 0) is 4.79 Å². The topological polar surface area (TPSA) is 53.5 Å². The summed E-state index contributed by atoms with van der Waals surface area (Å²) in [5.41, 5.74) is 10.3. The molecule has 1 fully saturated rings. The molecule has 2 atom stereocenters. The Morgan fingerprint density at radius 2 is 2.38 bits per heavy atom. The summed E-state index contributed by atoms with van der Waals surface area (Å²) in [6.07, 6.45) is 3.27. The number of Topliss-reactive ketones (excluding diaryl/α,β-unsaturated/α-hetero) is 1. The minimum absolute atomic E-state index is 0.159. The van der Waals surface area contributed by atoms with E-state index in [1.807, 2.05) is 13.8 Å². The van der Waals surface area contributed by atoms with Crippen LogP contribution in [0.25, 0.3) is 5.53 Å². The van der Waals surface area contributed by atoms with Gasteiger partial charge in [0.05, 0.1) is 0 Å². The molecular weight excluding hydrogens is 200 g/mol. The molecule has 0 aromatic rings. The summed E-state index contributed by atoms with van der Waals surface area (Å²) in [6.45, 7) is 12.1. The van der Waals surface area contributed by atoms with E-state index in [-0.39, 0.29) is 11.2 Å². The molecule has 86 valence electrons. The zero-order chi connectivity index (χ0) is 12.3. The van der Waals surface area contributed by atoms with Crippen LogP contribution in [-0.4, -0.2) is 16.8 Å². The second kappa shape index (κ2) is 4.58. The number of hydrogen-bond acceptors (Lipinski definition) is 1. The lowest BCUT2D eigenvalue weighted by Crippen LogP contribution is -2.21. The first-order valence-electron chi connectivity index (χ1n) is 5.45. The van der Waals surface area contributed by atoms with Crippen molar-refractivity contribution in [3.05, 3.63) is 29.8 Å². The lowest BCUT2D eigenvalue weighted by molar-refractivity contribution is -0.117. The van der Waals surface area contributed by atoms with Gasteiger partial charge in [0.25, 0.3) is 0 Å². The second-order valence-corrected chi connectivity index (χ2v) is 4.91. The van der Waals surface area contributed by atoms with Crippen molar-refractivity contribution >= 4 is 12.0 Å². The van der Waals surface area contributed by atoms with Crippen molar-refractivity contribution in [2.45, 2.75) is 33.1 Å². The third kappa shape index (κ3) is 2.37. The molecule has 0 unspecified atom stereocenters. The van der Waals surface area contributed by atoms with E-state index in [9.17, 15) is 4.79 Å². The van der Waals surface area contributed by atoms with Gasteiger partial charge in [-0.1, -0.05) is 31.2 Å². The molecule has 0 aromatic heterocycles. The first-order valence-corrected chi connectivity index (χ1v) is 5.45. The van der Waals surface area contributed by atoms with E-state index in [2.05, 4.69) is 17.9 Å². The van der Waals surface area contributed by atoms with Crippen molar-refractivity contribution in [1.82, 2.24) is 0 Å². The van der Waals surface area contributed by atoms with Crippen LogP contribution in [0.3, 0.4) is 0 Å². The quantitative estimate of drug-likeness (QED) is 0.310. The summed E-state index contributed by atoms with van der Waals surface area (Å²) in [6, 6.07) is 0. The van der Waals surface area contributed by atoms with Crippen LogP contribution in [0.15, 0.2) is 24.3 Å². The van der Waals surface area contributed by atoms with Gasteiger partial charge in [0.1, 0.15) is 0 Å². The molecule has 0 amide bonds. The fourth-order valence-electron chi connectivity index (χ4n) is 2.46. The smallest absolute Gasteiger partial charge is 0.323 e. The highest BCUT2D eigenvalue weighted by molar-refractivity contribution is 6.25. The highest BCUT2D eigenvalue weighted by atomic mass is 16.1. The Morgan fingerprint density at radius 1 is 1.75 bits per heavy atom. The number of nitrogens with zero attached hydrogens (tertiary/aromatic N) is 2. The zero-order valence-corrected chi connectivity index (χ0v) is 9.99. The molecule has 0 N–H and O–H groups in total. The summed E-state index contributed by atoms with van der Waals surface area (Å²) < 4.78 is 0. The molecule has 0 spiro atoms. The van der Waals surface area contributed by atoms with Gasteiger partial charge in [-0.25, -0.2) is 0 Å². The summed E-state index contributed by atoms with van der Waals surface area (Å²) in [4.78, 5) is 14.2. The summed E-state index contributed by atoms with van der Waals surface area (Å²) in [5, 5.41) is 0. The van der Waals surface area contributed by atoms with Gasteiger partial charge in [0.15, 0.2) is 0 Å². The first kappa shape index (κ1) is 12.6. The average Bonchev–Trinajstić information content (AvgIpc) is 2.43. The monoisotopic (exact) mass is 218 g/mol. The van der Waals surface area contributed by atoms with E-state index in [0.29, 0.717) is 12.3 Å². The molecule has 0 saturated heterocycles. The Hall–Kier alpha value is -1.47. The summed E-state index contributed by atoms with van der Waals surface area (Å²) in [7, 11) is 0. The van der Waals surface area contributed by atoms with Gasteiger partial charge in [-0.2, -0.15) is 4.79 Å². The first-order chi connectivity index (χ1) is 7.40. The van der Waals surface area contributed by atoms with Crippen molar-refractivity contribution in [3.8, 4) is 0 Å². The highest BCUT2D eigenvalue weighted by Crippen LogP contribution is 2.49. The van der Waals surface area contributed by atoms with Crippen LogP contribution in [0.4, 0.5) is 0 Å². The predicted molar refractivity (Wildman–Crippen MR) is 64.1 cm³/mol. The highest BCUT2D eigenvalue weighted by Gasteiger charge is 2.40. The van der Waals surface area contributed by atoms with E-state index in [0.717, 1.165) is 30.2 Å². The Balaban J connectivity index is 2.81. The van der Waals surface area contributed by atoms with Gasteiger partial charge in [0, 0.05) is 12.3 Å². The molecule has 1 rings (SSSR count). The summed E-state index contributed by atoms with van der Waals surface area (Å²) in [5.74, 6) is 0.164. The van der Waals surface area contributed by atoms with Crippen LogP contribution >= 0.6 is 0 Å².